The normalized spacial score (nSPS) is 10.3. The van der Waals surface area contributed by atoms with Gasteiger partial charge in [-0.1, -0.05) is 35.5 Å². The average molecular weight is 323 g/mol. The van der Waals surface area contributed by atoms with E-state index in [0.29, 0.717) is 16.3 Å². The fraction of sp³-hybridized carbons (Fsp3) is 0.118. The van der Waals surface area contributed by atoms with E-state index in [1.807, 2.05) is 44.2 Å². The first-order valence-electron chi connectivity index (χ1n) is 6.93. The molecule has 0 spiro atoms. The molecule has 0 saturated heterocycles. The van der Waals surface area contributed by atoms with Crippen LogP contribution in [0, 0.1) is 25.2 Å². The monoisotopic (exact) mass is 323 g/mol. The summed E-state index contributed by atoms with van der Waals surface area (Å²) < 4.78 is 5.22. The van der Waals surface area contributed by atoms with Gasteiger partial charge < -0.3 is 9.84 Å². The minimum absolute atomic E-state index is 0.177. The number of carbonyl (C=O) groups is 1. The van der Waals surface area contributed by atoms with Crippen LogP contribution in [0.5, 0.6) is 0 Å². The summed E-state index contributed by atoms with van der Waals surface area (Å²) in [6.45, 7) is 3.78. The van der Waals surface area contributed by atoms with Gasteiger partial charge in [0.25, 0.3) is 5.91 Å². The highest BCUT2D eigenvalue weighted by Crippen LogP contribution is 2.32. The summed E-state index contributed by atoms with van der Waals surface area (Å²) in [5.74, 6) is 0.128. The van der Waals surface area contributed by atoms with Crippen molar-refractivity contribution < 1.29 is 9.32 Å². The Hall–Kier alpha value is -2.91. The van der Waals surface area contributed by atoms with E-state index in [1.165, 1.54) is 11.3 Å². The minimum Gasteiger partial charge on any atom is -0.355 e. The largest absolute Gasteiger partial charge is 0.355 e. The third-order valence-electron chi connectivity index (χ3n) is 3.53. The first-order valence-corrected chi connectivity index (χ1v) is 7.75. The van der Waals surface area contributed by atoms with Crippen molar-refractivity contribution >= 4 is 22.2 Å². The van der Waals surface area contributed by atoms with Crippen LogP contribution in [0.4, 0.5) is 5.00 Å². The molecule has 0 atom stereocenters. The predicted molar refractivity (Wildman–Crippen MR) is 88.4 cm³/mol. The zero-order valence-corrected chi connectivity index (χ0v) is 13.4. The third kappa shape index (κ3) is 2.87. The lowest BCUT2D eigenvalue weighted by Gasteiger charge is -1.99. The standard InChI is InChI=1S/C17H13N3O2S/c1-10-11(2)23-17(13(10)9-18)19-16(21)14-8-15(22-20-14)12-6-4-3-5-7-12/h3-8H,1-2H3,(H,19,21). The Bertz CT molecular complexity index is 904. The number of nitrogens with zero attached hydrogens (tertiary/aromatic N) is 2. The maximum Gasteiger partial charge on any atom is 0.278 e. The smallest absolute Gasteiger partial charge is 0.278 e. The number of rotatable bonds is 3. The van der Waals surface area contributed by atoms with Gasteiger partial charge in [-0.15, -0.1) is 11.3 Å². The van der Waals surface area contributed by atoms with Gasteiger partial charge in [0.15, 0.2) is 11.5 Å². The number of hydrogen-bond donors (Lipinski definition) is 1. The summed E-state index contributed by atoms with van der Waals surface area (Å²) in [4.78, 5) is 13.3. The molecular weight excluding hydrogens is 310 g/mol. The second kappa shape index (κ2) is 6.07. The Balaban J connectivity index is 1.84. The predicted octanol–water partition coefficient (Wildman–Crippen LogP) is 4.14. The van der Waals surface area contributed by atoms with Crippen molar-refractivity contribution in [1.82, 2.24) is 5.16 Å². The quantitative estimate of drug-likeness (QED) is 0.785. The molecule has 6 heteroatoms. The van der Waals surface area contributed by atoms with Gasteiger partial charge in [-0.25, -0.2) is 0 Å². The molecule has 3 aromatic rings. The van der Waals surface area contributed by atoms with Crippen molar-refractivity contribution in [1.29, 1.82) is 5.26 Å². The number of aromatic nitrogens is 1. The molecule has 1 aromatic carbocycles. The molecule has 0 aliphatic carbocycles. The lowest BCUT2D eigenvalue weighted by Crippen LogP contribution is -2.12. The first kappa shape index (κ1) is 15.0. The molecule has 0 bridgehead atoms. The average Bonchev–Trinajstić information content (AvgIpc) is 3.14. The molecular formula is C17H13N3O2S. The van der Waals surface area contributed by atoms with E-state index in [9.17, 15) is 10.1 Å². The van der Waals surface area contributed by atoms with Gasteiger partial charge in [-0.2, -0.15) is 5.26 Å². The number of thiophene rings is 1. The molecule has 0 radical (unpaired) electrons. The van der Waals surface area contributed by atoms with Crippen molar-refractivity contribution in [3.63, 3.8) is 0 Å². The first-order chi connectivity index (χ1) is 11.1. The number of nitrogens with one attached hydrogen (secondary N) is 1. The number of benzene rings is 1. The van der Waals surface area contributed by atoms with Crippen LogP contribution in [0.25, 0.3) is 11.3 Å². The summed E-state index contributed by atoms with van der Waals surface area (Å²) in [6, 6.07) is 13.1. The Labute approximate surface area is 137 Å². The van der Waals surface area contributed by atoms with Crippen LogP contribution < -0.4 is 5.32 Å². The van der Waals surface area contributed by atoms with Gasteiger partial charge in [-0.05, 0) is 19.4 Å². The van der Waals surface area contributed by atoms with Crippen LogP contribution in [0.2, 0.25) is 0 Å². The Morgan fingerprint density at radius 2 is 2.04 bits per heavy atom. The van der Waals surface area contributed by atoms with E-state index in [2.05, 4.69) is 16.5 Å². The summed E-state index contributed by atoms with van der Waals surface area (Å²) in [5.41, 5.74) is 2.40. The van der Waals surface area contributed by atoms with Crippen LogP contribution in [0.3, 0.4) is 0 Å². The van der Waals surface area contributed by atoms with Crippen LogP contribution in [-0.4, -0.2) is 11.1 Å². The fourth-order valence-electron chi connectivity index (χ4n) is 2.14. The molecule has 1 amide bonds. The van der Waals surface area contributed by atoms with Gasteiger partial charge in [0, 0.05) is 16.5 Å². The van der Waals surface area contributed by atoms with E-state index in [0.717, 1.165) is 16.0 Å². The summed E-state index contributed by atoms with van der Waals surface area (Å²) >= 11 is 1.38. The molecule has 23 heavy (non-hydrogen) atoms. The summed E-state index contributed by atoms with van der Waals surface area (Å²) in [7, 11) is 0. The van der Waals surface area contributed by atoms with E-state index in [-0.39, 0.29) is 5.69 Å². The third-order valence-corrected chi connectivity index (χ3v) is 4.65. The van der Waals surface area contributed by atoms with Crippen molar-refractivity contribution in [2.24, 2.45) is 0 Å². The van der Waals surface area contributed by atoms with E-state index >= 15 is 0 Å². The van der Waals surface area contributed by atoms with Crippen molar-refractivity contribution in [3.8, 4) is 17.4 Å². The molecule has 1 N–H and O–H groups in total. The lowest BCUT2D eigenvalue weighted by molar-refractivity contribution is 0.101. The van der Waals surface area contributed by atoms with Gasteiger partial charge in [-0.3, -0.25) is 4.79 Å². The van der Waals surface area contributed by atoms with E-state index in [1.54, 1.807) is 6.07 Å². The Morgan fingerprint density at radius 1 is 1.30 bits per heavy atom. The zero-order chi connectivity index (χ0) is 16.4. The van der Waals surface area contributed by atoms with Gasteiger partial charge >= 0.3 is 0 Å². The molecule has 0 aliphatic heterocycles. The number of hydrogen-bond acceptors (Lipinski definition) is 5. The Morgan fingerprint density at radius 3 is 2.74 bits per heavy atom. The summed E-state index contributed by atoms with van der Waals surface area (Å²) in [5, 5.41) is 16.3. The molecule has 2 heterocycles. The fourth-order valence-corrected chi connectivity index (χ4v) is 3.14. The van der Waals surface area contributed by atoms with Crippen molar-refractivity contribution in [2.45, 2.75) is 13.8 Å². The van der Waals surface area contributed by atoms with Crippen LogP contribution in [0.1, 0.15) is 26.5 Å². The SMILES string of the molecule is Cc1sc(NC(=O)c2cc(-c3ccccc3)on2)c(C#N)c1C. The number of amides is 1. The van der Waals surface area contributed by atoms with Gasteiger partial charge in [0.1, 0.15) is 11.1 Å². The topological polar surface area (TPSA) is 78.9 Å². The minimum atomic E-state index is -0.395. The number of aryl methyl sites for hydroxylation is 1. The lowest BCUT2D eigenvalue weighted by atomic mass is 10.1. The number of nitriles is 1. The zero-order valence-electron chi connectivity index (χ0n) is 12.6. The van der Waals surface area contributed by atoms with E-state index in [4.69, 9.17) is 4.52 Å². The highest BCUT2D eigenvalue weighted by molar-refractivity contribution is 7.16. The second-order valence-electron chi connectivity index (χ2n) is 5.00. The Kier molecular flexibility index (Phi) is 3.96. The number of carbonyl (C=O) groups excluding carboxylic acids is 1. The summed E-state index contributed by atoms with van der Waals surface area (Å²) in [6.07, 6.45) is 0. The molecule has 5 nitrogen and oxygen atoms in total. The maximum absolute atomic E-state index is 12.3. The van der Waals surface area contributed by atoms with Gasteiger partial charge in [0.2, 0.25) is 0 Å². The van der Waals surface area contributed by atoms with Crippen LogP contribution in [0.15, 0.2) is 40.9 Å². The second-order valence-corrected chi connectivity index (χ2v) is 6.22. The van der Waals surface area contributed by atoms with Crippen LogP contribution >= 0.6 is 11.3 Å². The van der Waals surface area contributed by atoms with Crippen LogP contribution in [-0.2, 0) is 0 Å². The molecule has 3 rings (SSSR count). The van der Waals surface area contributed by atoms with E-state index < -0.39 is 5.91 Å². The highest BCUT2D eigenvalue weighted by atomic mass is 32.1. The van der Waals surface area contributed by atoms with Gasteiger partial charge in [0.05, 0.1) is 5.56 Å². The van der Waals surface area contributed by atoms with Crippen molar-refractivity contribution in [3.05, 3.63) is 58.1 Å². The highest BCUT2D eigenvalue weighted by Gasteiger charge is 2.18. The molecule has 0 saturated carbocycles. The molecule has 0 aliphatic rings. The molecule has 2 aromatic heterocycles. The van der Waals surface area contributed by atoms with Crippen molar-refractivity contribution in [2.75, 3.05) is 5.32 Å². The maximum atomic E-state index is 12.3. The molecule has 0 fully saturated rings. The molecule has 114 valence electrons. The number of anilines is 1. The molecule has 0 unspecified atom stereocenters.